The van der Waals surface area contributed by atoms with E-state index in [9.17, 15) is 9.59 Å². The van der Waals surface area contributed by atoms with Crippen LogP contribution in [0.4, 0.5) is 0 Å². The van der Waals surface area contributed by atoms with Gasteiger partial charge in [0, 0.05) is 12.1 Å². The highest BCUT2D eigenvalue weighted by Crippen LogP contribution is 2.06. The van der Waals surface area contributed by atoms with Crippen LogP contribution in [-0.2, 0) is 4.79 Å². The van der Waals surface area contributed by atoms with Crippen molar-refractivity contribution in [3.63, 3.8) is 0 Å². The van der Waals surface area contributed by atoms with Crippen LogP contribution in [0.15, 0.2) is 22.8 Å². The fourth-order valence-electron chi connectivity index (χ4n) is 1.58. The minimum Gasteiger partial charge on any atom is -0.459 e. The number of amides is 2. The van der Waals surface area contributed by atoms with Crippen molar-refractivity contribution in [1.29, 1.82) is 0 Å². The van der Waals surface area contributed by atoms with Crippen molar-refractivity contribution < 1.29 is 14.0 Å². The van der Waals surface area contributed by atoms with Crippen LogP contribution in [0.2, 0.25) is 0 Å². The summed E-state index contributed by atoms with van der Waals surface area (Å²) in [6, 6.07) is 2.54. The van der Waals surface area contributed by atoms with Gasteiger partial charge in [0.05, 0.1) is 6.26 Å². The smallest absolute Gasteiger partial charge is 0.287 e. The summed E-state index contributed by atoms with van der Waals surface area (Å²) in [4.78, 5) is 24.0. The van der Waals surface area contributed by atoms with E-state index in [1.165, 1.54) is 6.26 Å². The third-order valence-electron chi connectivity index (χ3n) is 2.70. The number of carbonyl (C=O) groups excluding carboxylic acids is 2. The van der Waals surface area contributed by atoms with E-state index >= 15 is 0 Å². The molecule has 2 amide bonds. The number of nitrogens with two attached hydrogens (primary N) is 1. The van der Waals surface area contributed by atoms with Crippen LogP contribution in [0.5, 0.6) is 0 Å². The van der Waals surface area contributed by atoms with Gasteiger partial charge < -0.3 is 20.8 Å². The van der Waals surface area contributed by atoms with Gasteiger partial charge in [-0.3, -0.25) is 9.59 Å². The molecular formula is C14H23N3O3. The number of hydrogen-bond acceptors (Lipinski definition) is 4. The summed E-state index contributed by atoms with van der Waals surface area (Å²) in [5, 5.41) is 5.41. The molecule has 1 unspecified atom stereocenters. The Morgan fingerprint density at radius 2 is 2.05 bits per heavy atom. The maximum absolute atomic E-state index is 12.1. The van der Waals surface area contributed by atoms with Gasteiger partial charge in [0.1, 0.15) is 6.04 Å². The molecule has 1 aromatic rings. The maximum atomic E-state index is 12.1. The lowest BCUT2D eigenvalue weighted by atomic mass is 10.0. The summed E-state index contributed by atoms with van der Waals surface area (Å²) in [6.45, 7) is 7.70. The monoisotopic (exact) mass is 281 g/mol. The van der Waals surface area contributed by atoms with Gasteiger partial charge in [0.25, 0.3) is 5.91 Å². The Morgan fingerprint density at radius 3 is 2.50 bits per heavy atom. The van der Waals surface area contributed by atoms with E-state index in [0.717, 1.165) is 0 Å². The predicted octanol–water partition coefficient (Wildman–Crippen LogP) is 0.887. The van der Waals surface area contributed by atoms with Crippen molar-refractivity contribution in [3.8, 4) is 0 Å². The Morgan fingerprint density at radius 1 is 1.40 bits per heavy atom. The third-order valence-corrected chi connectivity index (χ3v) is 2.70. The van der Waals surface area contributed by atoms with Crippen molar-refractivity contribution in [3.05, 3.63) is 24.2 Å². The molecule has 0 radical (unpaired) electrons. The van der Waals surface area contributed by atoms with E-state index in [2.05, 4.69) is 10.6 Å². The van der Waals surface area contributed by atoms with Crippen LogP contribution in [0, 0.1) is 5.92 Å². The molecule has 0 aliphatic heterocycles. The lowest BCUT2D eigenvalue weighted by molar-refractivity contribution is -0.124. The lowest BCUT2D eigenvalue weighted by Crippen LogP contribution is -2.53. The molecule has 4 N–H and O–H groups in total. The Kier molecular flexibility index (Phi) is 5.33. The normalized spacial score (nSPS) is 13.1. The highest BCUT2D eigenvalue weighted by Gasteiger charge is 2.26. The average molecular weight is 281 g/mol. The molecule has 0 spiro atoms. The standard InChI is InChI=1S/C14H23N3O3/c1-9(2)11(13(19)16-8-14(3,4)15)17-12(18)10-6-5-7-20-10/h5-7,9,11H,8,15H2,1-4H3,(H,16,19)(H,17,18). The van der Waals surface area contributed by atoms with Crippen molar-refractivity contribution in [2.24, 2.45) is 11.7 Å². The van der Waals surface area contributed by atoms with Crippen LogP contribution in [0.3, 0.4) is 0 Å². The van der Waals surface area contributed by atoms with Gasteiger partial charge in [-0.1, -0.05) is 13.8 Å². The van der Waals surface area contributed by atoms with Crippen LogP contribution in [0.1, 0.15) is 38.2 Å². The first kappa shape index (κ1) is 16.2. The highest BCUT2D eigenvalue weighted by atomic mass is 16.3. The summed E-state index contributed by atoms with van der Waals surface area (Å²) < 4.78 is 5.01. The van der Waals surface area contributed by atoms with E-state index in [1.54, 1.807) is 12.1 Å². The van der Waals surface area contributed by atoms with Crippen LogP contribution in [-0.4, -0.2) is 29.9 Å². The number of carbonyl (C=O) groups is 2. The number of nitrogens with one attached hydrogen (secondary N) is 2. The SMILES string of the molecule is CC(C)C(NC(=O)c1ccco1)C(=O)NCC(C)(C)N. The summed E-state index contributed by atoms with van der Waals surface area (Å²) in [6.07, 6.45) is 1.41. The van der Waals surface area contributed by atoms with E-state index < -0.39 is 17.5 Å². The molecule has 1 heterocycles. The molecule has 20 heavy (non-hydrogen) atoms. The van der Waals surface area contributed by atoms with E-state index in [1.807, 2.05) is 27.7 Å². The molecule has 112 valence electrons. The van der Waals surface area contributed by atoms with Crippen molar-refractivity contribution in [2.75, 3.05) is 6.54 Å². The molecule has 1 rings (SSSR count). The molecule has 0 saturated carbocycles. The summed E-state index contributed by atoms with van der Waals surface area (Å²) in [7, 11) is 0. The van der Waals surface area contributed by atoms with E-state index in [-0.39, 0.29) is 17.6 Å². The Balaban J connectivity index is 2.65. The number of furan rings is 1. The lowest BCUT2D eigenvalue weighted by Gasteiger charge is -2.24. The van der Waals surface area contributed by atoms with Gasteiger partial charge in [0.15, 0.2) is 5.76 Å². The van der Waals surface area contributed by atoms with E-state index in [4.69, 9.17) is 10.2 Å². The van der Waals surface area contributed by atoms with Crippen LogP contribution >= 0.6 is 0 Å². The average Bonchev–Trinajstić information content (AvgIpc) is 2.85. The number of rotatable bonds is 6. The zero-order chi connectivity index (χ0) is 15.3. The third kappa shape index (κ3) is 5.05. The molecule has 1 aromatic heterocycles. The zero-order valence-electron chi connectivity index (χ0n) is 12.4. The fourth-order valence-corrected chi connectivity index (χ4v) is 1.58. The first-order chi connectivity index (χ1) is 9.20. The second-order valence-corrected chi connectivity index (χ2v) is 5.88. The quantitative estimate of drug-likeness (QED) is 0.721. The highest BCUT2D eigenvalue weighted by molar-refractivity contribution is 5.95. The summed E-state index contributed by atoms with van der Waals surface area (Å²) in [5.41, 5.74) is 5.32. The first-order valence-corrected chi connectivity index (χ1v) is 6.61. The predicted molar refractivity (Wildman–Crippen MR) is 76.1 cm³/mol. The van der Waals surface area contributed by atoms with Crippen molar-refractivity contribution >= 4 is 11.8 Å². The molecule has 0 saturated heterocycles. The Bertz CT molecular complexity index is 447. The zero-order valence-corrected chi connectivity index (χ0v) is 12.4. The molecule has 0 aliphatic carbocycles. The Labute approximate surface area is 119 Å². The molecule has 0 bridgehead atoms. The summed E-state index contributed by atoms with van der Waals surface area (Å²) in [5.74, 6) is -0.522. The van der Waals surface area contributed by atoms with Crippen molar-refractivity contribution in [2.45, 2.75) is 39.3 Å². The first-order valence-electron chi connectivity index (χ1n) is 6.61. The van der Waals surface area contributed by atoms with Crippen LogP contribution < -0.4 is 16.4 Å². The van der Waals surface area contributed by atoms with Gasteiger partial charge in [-0.05, 0) is 31.9 Å². The minimum absolute atomic E-state index is 0.0465. The van der Waals surface area contributed by atoms with Gasteiger partial charge in [-0.2, -0.15) is 0 Å². The molecular weight excluding hydrogens is 258 g/mol. The van der Waals surface area contributed by atoms with Gasteiger partial charge in [-0.15, -0.1) is 0 Å². The fraction of sp³-hybridized carbons (Fsp3) is 0.571. The van der Waals surface area contributed by atoms with Gasteiger partial charge in [-0.25, -0.2) is 0 Å². The molecule has 0 fully saturated rings. The van der Waals surface area contributed by atoms with Gasteiger partial charge in [0.2, 0.25) is 5.91 Å². The number of hydrogen-bond donors (Lipinski definition) is 3. The Hall–Kier alpha value is -1.82. The molecule has 6 nitrogen and oxygen atoms in total. The largest absolute Gasteiger partial charge is 0.459 e. The molecule has 6 heteroatoms. The van der Waals surface area contributed by atoms with Gasteiger partial charge >= 0.3 is 0 Å². The van der Waals surface area contributed by atoms with Crippen molar-refractivity contribution in [1.82, 2.24) is 10.6 Å². The van der Waals surface area contributed by atoms with Crippen LogP contribution in [0.25, 0.3) is 0 Å². The minimum atomic E-state index is -0.630. The summed E-state index contributed by atoms with van der Waals surface area (Å²) >= 11 is 0. The topological polar surface area (TPSA) is 97.4 Å². The maximum Gasteiger partial charge on any atom is 0.287 e. The van der Waals surface area contributed by atoms with E-state index in [0.29, 0.717) is 6.54 Å². The molecule has 0 aliphatic rings. The second-order valence-electron chi connectivity index (χ2n) is 5.88. The molecule has 1 atom stereocenters. The second kappa shape index (κ2) is 6.56. The molecule has 0 aromatic carbocycles.